The minimum Gasteiger partial charge on any atom is -0.310 e. The fraction of sp³-hybridized carbons (Fsp3) is 0. The van der Waals surface area contributed by atoms with Crippen LogP contribution in [0.3, 0.4) is 0 Å². The van der Waals surface area contributed by atoms with E-state index in [1.54, 1.807) is 0 Å². The van der Waals surface area contributed by atoms with Gasteiger partial charge in [0, 0.05) is 53.7 Å². The van der Waals surface area contributed by atoms with Gasteiger partial charge in [0.05, 0.1) is 11.0 Å². The van der Waals surface area contributed by atoms with Gasteiger partial charge in [0.1, 0.15) is 0 Å². The van der Waals surface area contributed by atoms with Crippen LogP contribution in [0.2, 0.25) is 0 Å². The Morgan fingerprint density at radius 1 is 0.295 bits per heavy atom. The molecule has 0 saturated carbocycles. The van der Waals surface area contributed by atoms with Gasteiger partial charge in [-0.3, -0.25) is 0 Å². The fourth-order valence-electron chi connectivity index (χ4n) is 9.18. The molecule has 12 rings (SSSR count). The van der Waals surface area contributed by atoms with Gasteiger partial charge in [-0.25, -0.2) is 0 Å². The first-order valence-electron chi connectivity index (χ1n) is 20.8. The number of thiophene rings is 1. The molecule has 0 unspecified atom stereocenters. The van der Waals surface area contributed by atoms with Crippen LogP contribution in [-0.4, -0.2) is 4.57 Å². The van der Waals surface area contributed by atoms with Crippen molar-refractivity contribution in [2.45, 2.75) is 0 Å². The van der Waals surface area contributed by atoms with E-state index in [-0.39, 0.29) is 0 Å². The lowest BCUT2D eigenvalue weighted by molar-refractivity contribution is 1.18. The Morgan fingerprint density at radius 3 is 1.54 bits per heavy atom. The molecule has 0 aliphatic rings. The molecule has 286 valence electrons. The third kappa shape index (κ3) is 6.18. The van der Waals surface area contributed by atoms with Crippen LogP contribution in [0.4, 0.5) is 17.1 Å². The second-order valence-electron chi connectivity index (χ2n) is 15.8. The van der Waals surface area contributed by atoms with E-state index in [0.29, 0.717) is 0 Å². The highest BCUT2D eigenvalue weighted by atomic mass is 32.1. The molecule has 0 N–H and O–H groups in total. The van der Waals surface area contributed by atoms with Crippen LogP contribution in [0, 0.1) is 0 Å². The van der Waals surface area contributed by atoms with Crippen LogP contribution >= 0.6 is 11.3 Å². The molecule has 0 atom stereocenters. The Morgan fingerprint density at radius 2 is 0.820 bits per heavy atom. The number of para-hydroxylation sites is 2. The Hall–Kier alpha value is -7.72. The van der Waals surface area contributed by atoms with Crippen LogP contribution < -0.4 is 4.90 Å². The summed E-state index contributed by atoms with van der Waals surface area (Å²) in [5, 5.41) is 7.65. The molecule has 61 heavy (non-hydrogen) atoms. The summed E-state index contributed by atoms with van der Waals surface area (Å²) in [5.74, 6) is 0. The lowest BCUT2D eigenvalue weighted by Gasteiger charge is -2.26. The first-order chi connectivity index (χ1) is 30.2. The number of anilines is 3. The zero-order valence-corrected chi connectivity index (χ0v) is 34.1. The first-order valence-corrected chi connectivity index (χ1v) is 21.6. The van der Waals surface area contributed by atoms with Crippen molar-refractivity contribution in [3.63, 3.8) is 0 Å². The summed E-state index contributed by atoms with van der Waals surface area (Å²) in [6, 6.07) is 84.2. The number of hydrogen-bond acceptors (Lipinski definition) is 2. The smallest absolute Gasteiger partial charge is 0.0541 e. The van der Waals surface area contributed by atoms with Gasteiger partial charge in [-0.15, -0.1) is 11.3 Å². The third-order valence-electron chi connectivity index (χ3n) is 12.2. The highest BCUT2D eigenvalue weighted by molar-refractivity contribution is 7.25. The Bertz CT molecular complexity index is 3540. The second kappa shape index (κ2) is 14.5. The highest BCUT2D eigenvalue weighted by Crippen LogP contribution is 2.41. The highest BCUT2D eigenvalue weighted by Gasteiger charge is 2.16. The summed E-state index contributed by atoms with van der Waals surface area (Å²) in [6.07, 6.45) is 0. The van der Waals surface area contributed by atoms with Gasteiger partial charge in [0.15, 0.2) is 0 Å². The lowest BCUT2D eigenvalue weighted by Crippen LogP contribution is -2.10. The zero-order valence-electron chi connectivity index (χ0n) is 33.2. The molecular formula is C58H38N2S. The summed E-state index contributed by atoms with van der Waals surface area (Å²) in [7, 11) is 0. The van der Waals surface area contributed by atoms with Gasteiger partial charge in [-0.1, -0.05) is 146 Å². The molecule has 2 nitrogen and oxygen atoms in total. The van der Waals surface area contributed by atoms with Crippen molar-refractivity contribution in [2.24, 2.45) is 0 Å². The molecule has 0 spiro atoms. The monoisotopic (exact) mass is 794 g/mol. The van der Waals surface area contributed by atoms with Gasteiger partial charge >= 0.3 is 0 Å². The van der Waals surface area contributed by atoms with E-state index in [1.807, 2.05) is 11.3 Å². The molecular weight excluding hydrogens is 757 g/mol. The fourth-order valence-corrected chi connectivity index (χ4v) is 10.3. The molecule has 12 aromatic rings. The number of rotatable bonds is 7. The second-order valence-corrected chi connectivity index (χ2v) is 16.9. The summed E-state index contributed by atoms with van der Waals surface area (Å²) in [4.78, 5) is 2.38. The number of nitrogens with zero attached hydrogens (tertiary/aromatic N) is 2. The van der Waals surface area contributed by atoms with Crippen LogP contribution in [0.5, 0.6) is 0 Å². The molecule has 2 heterocycles. The van der Waals surface area contributed by atoms with Crippen molar-refractivity contribution in [3.05, 3.63) is 231 Å². The van der Waals surface area contributed by atoms with Gasteiger partial charge < -0.3 is 9.47 Å². The SMILES string of the molecule is c1cc(-c2ccc3ccccc3c2)cc(N(c2ccc(-c3cccc(-n4c5ccccc5c5ccccc54)c3)cc2)c2ccc(-c3ccc4sc5ccccc5c4c3)cc2)c1. The van der Waals surface area contributed by atoms with Crippen molar-refractivity contribution >= 4 is 81.1 Å². The topological polar surface area (TPSA) is 8.17 Å². The van der Waals surface area contributed by atoms with Crippen molar-refractivity contribution in [1.29, 1.82) is 0 Å². The maximum absolute atomic E-state index is 2.39. The first kappa shape index (κ1) is 35.2. The third-order valence-corrected chi connectivity index (χ3v) is 13.3. The molecule has 3 heteroatoms. The molecule has 0 saturated heterocycles. The summed E-state index contributed by atoms with van der Waals surface area (Å²) in [6.45, 7) is 0. The number of hydrogen-bond donors (Lipinski definition) is 0. The average Bonchev–Trinajstić information content (AvgIpc) is 3.88. The minimum absolute atomic E-state index is 1.09. The Kier molecular flexibility index (Phi) is 8.39. The predicted octanol–water partition coefficient (Wildman–Crippen LogP) is 16.8. The molecule has 0 aliphatic carbocycles. The van der Waals surface area contributed by atoms with E-state index in [2.05, 4.69) is 240 Å². The molecule has 0 radical (unpaired) electrons. The maximum Gasteiger partial charge on any atom is 0.0541 e. The predicted molar refractivity (Wildman–Crippen MR) is 262 cm³/mol. The molecule has 0 amide bonds. The molecule has 0 bridgehead atoms. The van der Waals surface area contributed by atoms with Crippen molar-refractivity contribution in [2.75, 3.05) is 4.90 Å². The van der Waals surface area contributed by atoms with E-state index >= 15 is 0 Å². The van der Waals surface area contributed by atoms with Gasteiger partial charge in [0.2, 0.25) is 0 Å². The van der Waals surface area contributed by atoms with Gasteiger partial charge in [-0.2, -0.15) is 0 Å². The van der Waals surface area contributed by atoms with E-state index in [9.17, 15) is 0 Å². The van der Waals surface area contributed by atoms with E-state index in [0.717, 1.165) is 22.7 Å². The Balaban J connectivity index is 0.936. The number of fused-ring (bicyclic) bond motifs is 7. The molecule has 2 aromatic heterocycles. The minimum atomic E-state index is 1.09. The Labute approximate surface area is 358 Å². The van der Waals surface area contributed by atoms with Crippen molar-refractivity contribution < 1.29 is 0 Å². The van der Waals surface area contributed by atoms with Crippen LogP contribution in [0.15, 0.2) is 231 Å². The van der Waals surface area contributed by atoms with Crippen molar-refractivity contribution in [3.8, 4) is 39.1 Å². The summed E-state index contributed by atoms with van der Waals surface area (Å²) in [5.41, 5.74) is 14.0. The standard InChI is InChI=1S/C58H38N2S/c1-2-12-42-35-45(24-23-39(42)11-1)44-14-10-15-49(37-44)59(48-32-27-41(28-33-48)46-29-34-58-54(38-46)53-19-5-8-22-57(53)61-58)47-30-25-40(26-31-47)43-13-9-16-50(36-43)60-55-20-6-3-17-51(55)52-18-4-7-21-56(52)60/h1-38H. The lowest BCUT2D eigenvalue weighted by atomic mass is 10.00. The van der Waals surface area contributed by atoms with Crippen LogP contribution in [0.25, 0.3) is 91.8 Å². The average molecular weight is 795 g/mol. The normalized spacial score (nSPS) is 11.6. The molecule has 10 aromatic carbocycles. The largest absolute Gasteiger partial charge is 0.310 e. The van der Waals surface area contributed by atoms with Gasteiger partial charge in [0.25, 0.3) is 0 Å². The van der Waals surface area contributed by atoms with E-state index < -0.39 is 0 Å². The van der Waals surface area contributed by atoms with E-state index in [1.165, 1.54) is 86.1 Å². The molecule has 0 aliphatic heterocycles. The zero-order chi connectivity index (χ0) is 40.3. The van der Waals surface area contributed by atoms with Gasteiger partial charge in [-0.05, 0) is 129 Å². The molecule has 0 fully saturated rings. The van der Waals surface area contributed by atoms with Crippen molar-refractivity contribution in [1.82, 2.24) is 4.57 Å². The summed E-state index contributed by atoms with van der Waals surface area (Å²) >= 11 is 1.86. The van der Waals surface area contributed by atoms with Crippen LogP contribution in [-0.2, 0) is 0 Å². The number of aromatic nitrogens is 1. The van der Waals surface area contributed by atoms with E-state index in [4.69, 9.17) is 0 Å². The number of benzene rings is 10. The van der Waals surface area contributed by atoms with Crippen LogP contribution in [0.1, 0.15) is 0 Å². The maximum atomic E-state index is 2.39. The quantitative estimate of drug-likeness (QED) is 0.156. The summed E-state index contributed by atoms with van der Waals surface area (Å²) < 4.78 is 5.03.